The predicted octanol–water partition coefficient (Wildman–Crippen LogP) is 5.51. The number of nitrogens with zero attached hydrogens (tertiary/aromatic N) is 3. The fourth-order valence-electron chi connectivity index (χ4n) is 4.77. The van der Waals surface area contributed by atoms with Crippen LogP contribution in [0.3, 0.4) is 0 Å². The lowest BCUT2D eigenvalue weighted by atomic mass is 9.84. The molecule has 0 fully saturated rings. The van der Waals surface area contributed by atoms with Gasteiger partial charge in [0, 0.05) is 21.7 Å². The summed E-state index contributed by atoms with van der Waals surface area (Å²) in [6, 6.07) is 21.4. The second-order valence-corrected chi connectivity index (χ2v) is 8.45. The SMILES string of the molecule is COc1cccc(C2Oc3ccc(Cl)cc3C3=C2C(c2ccccc2)n2ncnc2N3)c1OC. The number of methoxy groups -OCH3 is 2. The molecule has 7 nitrogen and oxygen atoms in total. The van der Waals surface area contributed by atoms with Gasteiger partial charge in [-0.1, -0.05) is 54.1 Å². The number of fused-ring (bicyclic) bond motifs is 3. The molecule has 34 heavy (non-hydrogen) atoms. The molecule has 2 atom stereocenters. The van der Waals surface area contributed by atoms with Gasteiger partial charge in [0.15, 0.2) is 17.6 Å². The smallest absolute Gasteiger partial charge is 0.226 e. The molecule has 3 heterocycles. The van der Waals surface area contributed by atoms with E-state index in [0.29, 0.717) is 28.2 Å². The second kappa shape index (κ2) is 8.11. The highest BCUT2D eigenvalue weighted by Gasteiger charge is 2.42. The van der Waals surface area contributed by atoms with Gasteiger partial charge in [-0.05, 0) is 29.8 Å². The Bertz CT molecular complexity index is 1420. The van der Waals surface area contributed by atoms with E-state index in [9.17, 15) is 0 Å². The van der Waals surface area contributed by atoms with Gasteiger partial charge < -0.3 is 19.5 Å². The number of para-hydroxylation sites is 1. The van der Waals surface area contributed by atoms with Crippen LogP contribution in [-0.4, -0.2) is 29.0 Å². The molecule has 2 unspecified atom stereocenters. The summed E-state index contributed by atoms with van der Waals surface area (Å²) in [6.45, 7) is 0. The average Bonchev–Trinajstić information content (AvgIpc) is 3.35. The van der Waals surface area contributed by atoms with Crippen LogP contribution in [0.15, 0.2) is 78.6 Å². The first-order valence-corrected chi connectivity index (χ1v) is 11.2. The molecular formula is C26H21ClN4O3. The Labute approximate surface area is 201 Å². The van der Waals surface area contributed by atoms with Crippen LogP contribution in [-0.2, 0) is 0 Å². The van der Waals surface area contributed by atoms with Gasteiger partial charge in [-0.15, -0.1) is 0 Å². The molecule has 0 aliphatic carbocycles. The van der Waals surface area contributed by atoms with Crippen LogP contribution in [0.5, 0.6) is 17.2 Å². The molecule has 2 aliphatic heterocycles. The maximum atomic E-state index is 6.67. The summed E-state index contributed by atoms with van der Waals surface area (Å²) in [4.78, 5) is 4.47. The van der Waals surface area contributed by atoms with Crippen LogP contribution in [0, 0.1) is 0 Å². The Kier molecular flexibility index (Phi) is 4.92. The molecule has 0 radical (unpaired) electrons. The third-order valence-electron chi connectivity index (χ3n) is 6.21. The topological polar surface area (TPSA) is 70.4 Å². The molecule has 170 valence electrons. The van der Waals surface area contributed by atoms with Gasteiger partial charge in [0.05, 0.1) is 19.9 Å². The van der Waals surface area contributed by atoms with E-state index in [1.165, 1.54) is 0 Å². The Hall–Kier alpha value is -3.97. The lowest BCUT2D eigenvalue weighted by Crippen LogP contribution is -2.32. The van der Waals surface area contributed by atoms with Crippen molar-refractivity contribution >= 4 is 23.2 Å². The van der Waals surface area contributed by atoms with Crippen molar-refractivity contribution in [1.29, 1.82) is 0 Å². The molecule has 3 aromatic carbocycles. The number of halogens is 1. The molecular weight excluding hydrogens is 452 g/mol. The molecule has 6 rings (SSSR count). The molecule has 2 aliphatic rings. The van der Waals surface area contributed by atoms with Crippen molar-refractivity contribution in [2.24, 2.45) is 0 Å². The highest BCUT2D eigenvalue weighted by Crippen LogP contribution is 2.53. The van der Waals surface area contributed by atoms with E-state index in [2.05, 4.69) is 27.5 Å². The molecule has 0 saturated carbocycles. The number of hydrogen-bond acceptors (Lipinski definition) is 6. The molecule has 1 N–H and O–H groups in total. The molecule has 1 aromatic heterocycles. The molecule has 0 saturated heterocycles. The second-order valence-electron chi connectivity index (χ2n) is 8.02. The van der Waals surface area contributed by atoms with Crippen LogP contribution in [0.25, 0.3) is 5.70 Å². The summed E-state index contributed by atoms with van der Waals surface area (Å²) >= 11 is 6.41. The highest BCUT2D eigenvalue weighted by molar-refractivity contribution is 6.30. The molecule has 8 heteroatoms. The fourth-order valence-corrected chi connectivity index (χ4v) is 4.95. The quantitative estimate of drug-likeness (QED) is 0.422. The number of rotatable bonds is 4. The van der Waals surface area contributed by atoms with Crippen LogP contribution in [0.2, 0.25) is 5.02 Å². The summed E-state index contributed by atoms with van der Waals surface area (Å²) in [6.07, 6.45) is 1.07. The van der Waals surface area contributed by atoms with E-state index in [1.54, 1.807) is 20.5 Å². The van der Waals surface area contributed by atoms with Gasteiger partial charge in [0.2, 0.25) is 5.95 Å². The maximum Gasteiger partial charge on any atom is 0.226 e. The summed E-state index contributed by atoms with van der Waals surface area (Å²) in [5.41, 5.74) is 4.65. The fraction of sp³-hybridized carbons (Fsp3) is 0.154. The number of aromatic nitrogens is 3. The minimum Gasteiger partial charge on any atom is -0.493 e. The van der Waals surface area contributed by atoms with Gasteiger partial charge in [0.1, 0.15) is 18.1 Å². The Balaban J connectivity index is 1.66. The lowest BCUT2D eigenvalue weighted by Gasteiger charge is -2.39. The van der Waals surface area contributed by atoms with Crippen molar-refractivity contribution in [3.63, 3.8) is 0 Å². The number of hydrogen-bond donors (Lipinski definition) is 1. The summed E-state index contributed by atoms with van der Waals surface area (Å²) in [7, 11) is 3.26. The minimum absolute atomic E-state index is 0.261. The van der Waals surface area contributed by atoms with Gasteiger partial charge in [-0.3, -0.25) is 0 Å². The summed E-state index contributed by atoms with van der Waals surface area (Å²) in [5.74, 6) is 2.62. The van der Waals surface area contributed by atoms with Crippen LogP contribution < -0.4 is 19.5 Å². The van der Waals surface area contributed by atoms with Crippen LogP contribution in [0.1, 0.15) is 28.8 Å². The molecule has 0 amide bonds. The zero-order valence-corrected chi connectivity index (χ0v) is 19.3. The first-order chi connectivity index (χ1) is 16.7. The normalized spacial score (nSPS) is 18.2. The maximum absolute atomic E-state index is 6.67. The molecule has 0 bridgehead atoms. The van der Waals surface area contributed by atoms with E-state index < -0.39 is 6.10 Å². The van der Waals surface area contributed by atoms with Crippen LogP contribution in [0.4, 0.5) is 5.95 Å². The summed E-state index contributed by atoms with van der Waals surface area (Å²) in [5, 5.41) is 8.66. The van der Waals surface area contributed by atoms with Gasteiger partial charge >= 0.3 is 0 Å². The zero-order valence-electron chi connectivity index (χ0n) is 18.5. The van der Waals surface area contributed by atoms with Crippen molar-refractivity contribution in [2.75, 3.05) is 19.5 Å². The molecule has 4 aromatic rings. The Morgan fingerprint density at radius 2 is 1.85 bits per heavy atom. The number of anilines is 1. The van der Waals surface area contributed by atoms with E-state index in [1.807, 2.05) is 59.3 Å². The first kappa shape index (κ1) is 20.6. The third-order valence-corrected chi connectivity index (χ3v) is 6.44. The van der Waals surface area contributed by atoms with Gasteiger partial charge in [-0.25, -0.2) is 4.68 Å². The largest absolute Gasteiger partial charge is 0.493 e. The molecule has 0 spiro atoms. The standard InChI is InChI=1S/C26H21ClN4O3/c1-32-20-10-6-9-17(24(20)33-2)25-21-22(18-13-16(27)11-12-19(18)34-25)30-26-28-14-29-31(26)23(21)15-7-4-3-5-8-15/h3-14,23,25H,1-2H3,(H,28,29,30). The van der Waals surface area contributed by atoms with E-state index in [-0.39, 0.29) is 6.04 Å². The number of nitrogens with one attached hydrogen (secondary N) is 1. The van der Waals surface area contributed by atoms with Crippen LogP contribution >= 0.6 is 11.6 Å². The summed E-state index contributed by atoms with van der Waals surface area (Å²) < 4.78 is 19.9. The Morgan fingerprint density at radius 1 is 1.00 bits per heavy atom. The van der Waals surface area contributed by atoms with E-state index >= 15 is 0 Å². The monoisotopic (exact) mass is 472 g/mol. The van der Waals surface area contributed by atoms with Crippen molar-refractivity contribution in [2.45, 2.75) is 12.1 Å². The van der Waals surface area contributed by atoms with Crippen molar-refractivity contribution in [1.82, 2.24) is 14.8 Å². The number of ether oxygens (including phenoxy) is 3. The van der Waals surface area contributed by atoms with Gasteiger partial charge in [0.25, 0.3) is 0 Å². The van der Waals surface area contributed by atoms with E-state index in [0.717, 1.165) is 28.0 Å². The average molecular weight is 473 g/mol. The van der Waals surface area contributed by atoms with Crippen molar-refractivity contribution in [3.05, 3.63) is 100 Å². The lowest BCUT2D eigenvalue weighted by molar-refractivity contribution is 0.216. The third kappa shape index (κ3) is 3.12. The number of benzene rings is 3. The predicted molar refractivity (Wildman–Crippen MR) is 130 cm³/mol. The van der Waals surface area contributed by atoms with Crippen molar-refractivity contribution in [3.8, 4) is 17.2 Å². The van der Waals surface area contributed by atoms with Crippen molar-refractivity contribution < 1.29 is 14.2 Å². The Morgan fingerprint density at radius 3 is 2.65 bits per heavy atom. The minimum atomic E-state index is -0.483. The van der Waals surface area contributed by atoms with E-state index in [4.69, 9.17) is 25.8 Å². The van der Waals surface area contributed by atoms with Gasteiger partial charge in [-0.2, -0.15) is 10.1 Å². The zero-order chi connectivity index (χ0) is 23.2. The first-order valence-electron chi connectivity index (χ1n) is 10.8. The highest BCUT2D eigenvalue weighted by atomic mass is 35.5.